The first-order valence-corrected chi connectivity index (χ1v) is 7.45. The van der Waals surface area contributed by atoms with Gasteiger partial charge in [0.15, 0.2) is 0 Å². The van der Waals surface area contributed by atoms with Gasteiger partial charge in [0.2, 0.25) is 5.89 Å². The predicted octanol–water partition coefficient (Wildman–Crippen LogP) is 4.89. The fourth-order valence-electron chi connectivity index (χ4n) is 2.33. The van der Waals surface area contributed by atoms with E-state index in [1.807, 2.05) is 0 Å². The van der Waals surface area contributed by atoms with Crippen LogP contribution >= 0.6 is 0 Å². The van der Waals surface area contributed by atoms with Crippen LogP contribution in [0.5, 0.6) is 0 Å². The third kappa shape index (κ3) is 3.69. The summed E-state index contributed by atoms with van der Waals surface area (Å²) in [6, 6.07) is 9.26. The Balaban J connectivity index is 1.95. The summed E-state index contributed by atoms with van der Waals surface area (Å²) >= 11 is 0. The van der Waals surface area contributed by atoms with Gasteiger partial charge in [0.25, 0.3) is 0 Å². The highest BCUT2D eigenvalue weighted by Crippen LogP contribution is 2.33. The third-order valence-corrected chi connectivity index (χ3v) is 3.59. The van der Waals surface area contributed by atoms with Gasteiger partial charge in [0.05, 0.1) is 35.7 Å². The molecule has 0 unspecified atom stereocenters. The van der Waals surface area contributed by atoms with Gasteiger partial charge in [-0.05, 0) is 42.5 Å². The van der Waals surface area contributed by atoms with E-state index in [1.165, 1.54) is 43.8 Å². The Kier molecular flexibility index (Phi) is 4.66. The SMILES string of the molecule is COC(=O)c1ccc(Nc2ccc(C(F)(F)F)cc2)c(-c2ncco2)c1. The Hall–Kier alpha value is -3.29. The average Bonchev–Trinajstić information content (AvgIpc) is 3.15. The van der Waals surface area contributed by atoms with E-state index in [0.717, 1.165) is 12.1 Å². The molecule has 1 aromatic heterocycles. The van der Waals surface area contributed by atoms with Crippen LogP contribution in [-0.4, -0.2) is 18.1 Å². The Morgan fingerprint density at radius 3 is 2.46 bits per heavy atom. The van der Waals surface area contributed by atoms with E-state index in [2.05, 4.69) is 10.3 Å². The minimum atomic E-state index is -4.40. The Morgan fingerprint density at radius 2 is 1.88 bits per heavy atom. The second kappa shape index (κ2) is 6.91. The van der Waals surface area contributed by atoms with E-state index in [-0.39, 0.29) is 5.89 Å². The second-order valence-electron chi connectivity index (χ2n) is 5.29. The van der Waals surface area contributed by atoms with Crippen molar-refractivity contribution in [3.63, 3.8) is 0 Å². The van der Waals surface area contributed by atoms with Crippen molar-refractivity contribution in [2.75, 3.05) is 12.4 Å². The largest absolute Gasteiger partial charge is 0.465 e. The fourth-order valence-corrected chi connectivity index (χ4v) is 2.33. The molecule has 0 fully saturated rings. The molecule has 3 rings (SSSR count). The molecule has 2 aromatic carbocycles. The molecule has 1 heterocycles. The van der Waals surface area contributed by atoms with Gasteiger partial charge in [-0.15, -0.1) is 0 Å². The maximum Gasteiger partial charge on any atom is 0.416 e. The van der Waals surface area contributed by atoms with Crippen LogP contribution in [0.25, 0.3) is 11.5 Å². The van der Waals surface area contributed by atoms with Crippen molar-refractivity contribution in [1.82, 2.24) is 4.98 Å². The number of esters is 1. The molecular formula is C18H13F3N2O3. The number of hydrogen-bond donors (Lipinski definition) is 1. The predicted molar refractivity (Wildman–Crippen MR) is 88.0 cm³/mol. The number of carbonyl (C=O) groups excluding carboxylic acids is 1. The number of anilines is 2. The summed E-state index contributed by atoms with van der Waals surface area (Å²) in [6.07, 6.45) is -1.58. The van der Waals surface area contributed by atoms with Crippen LogP contribution in [0, 0.1) is 0 Å². The molecular weight excluding hydrogens is 349 g/mol. The highest BCUT2D eigenvalue weighted by atomic mass is 19.4. The summed E-state index contributed by atoms with van der Waals surface area (Å²) in [4.78, 5) is 15.8. The number of halogens is 3. The van der Waals surface area contributed by atoms with Gasteiger partial charge in [-0.1, -0.05) is 0 Å². The Morgan fingerprint density at radius 1 is 1.15 bits per heavy atom. The van der Waals surface area contributed by atoms with Gasteiger partial charge in [-0.2, -0.15) is 13.2 Å². The molecule has 0 amide bonds. The molecule has 0 saturated carbocycles. The number of nitrogens with zero attached hydrogens (tertiary/aromatic N) is 1. The van der Waals surface area contributed by atoms with Crippen molar-refractivity contribution in [3.05, 3.63) is 66.1 Å². The number of alkyl halides is 3. The van der Waals surface area contributed by atoms with Gasteiger partial charge in [0.1, 0.15) is 6.26 Å². The normalized spacial score (nSPS) is 11.2. The molecule has 0 bridgehead atoms. The minimum absolute atomic E-state index is 0.255. The number of ether oxygens (including phenoxy) is 1. The maximum absolute atomic E-state index is 12.7. The van der Waals surface area contributed by atoms with Gasteiger partial charge in [-0.25, -0.2) is 9.78 Å². The van der Waals surface area contributed by atoms with Crippen LogP contribution in [0.15, 0.2) is 59.3 Å². The van der Waals surface area contributed by atoms with Gasteiger partial charge < -0.3 is 14.5 Å². The van der Waals surface area contributed by atoms with E-state index >= 15 is 0 Å². The van der Waals surface area contributed by atoms with Crippen LogP contribution in [0.3, 0.4) is 0 Å². The van der Waals surface area contributed by atoms with Crippen LogP contribution in [0.4, 0.5) is 24.5 Å². The van der Waals surface area contributed by atoms with E-state index < -0.39 is 17.7 Å². The smallest absolute Gasteiger partial charge is 0.416 e. The summed E-state index contributed by atoms with van der Waals surface area (Å²) in [7, 11) is 1.27. The van der Waals surface area contributed by atoms with Crippen molar-refractivity contribution >= 4 is 17.3 Å². The molecule has 0 atom stereocenters. The van der Waals surface area contributed by atoms with Crippen LogP contribution < -0.4 is 5.32 Å². The van der Waals surface area contributed by atoms with E-state index in [4.69, 9.17) is 9.15 Å². The number of carbonyl (C=O) groups is 1. The summed E-state index contributed by atoms with van der Waals surface area (Å²) < 4.78 is 48.0. The zero-order valence-corrected chi connectivity index (χ0v) is 13.5. The molecule has 0 saturated heterocycles. The van der Waals surface area contributed by atoms with E-state index in [0.29, 0.717) is 22.5 Å². The number of rotatable bonds is 4. The number of hydrogen-bond acceptors (Lipinski definition) is 5. The molecule has 0 aliphatic heterocycles. The molecule has 5 nitrogen and oxygen atoms in total. The highest BCUT2D eigenvalue weighted by molar-refractivity contribution is 5.93. The van der Waals surface area contributed by atoms with Crippen molar-refractivity contribution < 1.29 is 27.1 Å². The summed E-state index contributed by atoms with van der Waals surface area (Å²) in [5.41, 5.74) is 0.977. The zero-order chi connectivity index (χ0) is 18.7. The van der Waals surface area contributed by atoms with Crippen LogP contribution in [-0.2, 0) is 10.9 Å². The molecule has 3 aromatic rings. The number of nitrogens with one attached hydrogen (secondary N) is 1. The third-order valence-electron chi connectivity index (χ3n) is 3.59. The lowest BCUT2D eigenvalue weighted by atomic mass is 10.1. The topological polar surface area (TPSA) is 64.4 Å². The maximum atomic E-state index is 12.7. The first kappa shape index (κ1) is 17.5. The van der Waals surface area contributed by atoms with Gasteiger partial charge >= 0.3 is 12.1 Å². The second-order valence-corrected chi connectivity index (χ2v) is 5.29. The number of benzene rings is 2. The Bertz CT molecular complexity index is 904. The van der Waals surface area contributed by atoms with Crippen molar-refractivity contribution in [1.29, 1.82) is 0 Å². The van der Waals surface area contributed by atoms with Crippen molar-refractivity contribution in [2.24, 2.45) is 0 Å². The van der Waals surface area contributed by atoms with Crippen LogP contribution in [0.2, 0.25) is 0 Å². The first-order chi connectivity index (χ1) is 12.4. The quantitative estimate of drug-likeness (QED) is 0.670. The van der Waals surface area contributed by atoms with Crippen molar-refractivity contribution in [2.45, 2.75) is 6.18 Å². The van der Waals surface area contributed by atoms with Crippen LogP contribution in [0.1, 0.15) is 15.9 Å². The van der Waals surface area contributed by atoms with Gasteiger partial charge in [0, 0.05) is 5.69 Å². The molecule has 0 aliphatic rings. The van der Waals surface area contributed by atoms with E-state index in [1.54, 1.807) is 6.07 Å². The molecule has 26 heavy (non-hydrogen) atoms. The van der Waals surface area contributed by atoms with Crippen molar-refractivity contribution in [3.8, 4) is 11.5 Å². The Labute approximate surface area is 146 Å². The first-order valence-electron chi connectivity index (χ1n) is 7.45. The number of methoxy groups -OCH3 is 1. The van der Waals surface area contributed by atoms with Gasteiger partial charge in [-0.3, -0.25) is 0 Å². The lowest BCUT2D eigenvalue weighted by Gasteiger charge is -2.13. The zero-order valence-electron chi connectivity index (χ0n) is 13.5. The average molecular weight is 362 g/mol. The lowest BCUT2D eigenvalue weighted by molar-refractivity contribution is -0.137. The molecule has 0 aliphatic carbocycles. The number of oxazole rings is 1. The number of aromatic nitrogens is 1. The fraction of sp³-hybridized carbons (Fsp3) is 0.111. The summed E-state index contributed by atoms with van der Waals surface area (Å²) in [5.74, 6) is -0.274. The lowest BCUT2D eigenvalue weighted by Crippen LogP contribution is -2.05. The molecule has 1 N–H and O–H groups in total. The van der Waals surface area contributed by atoms with E-state index in [9.17, 15) is 18.0 Å². The molecule has 8 heteroatoms. The molecule has 134 valence electrons. The highest BCUT2D eigenvalue weighted by Gasteiger charge is 2.30. The molecule has 0 radical (unpaired) electrons. The standard InChI is InChI=1S/C18H13F3N2O3/c1-25-17(24)11-2-7-15(14(10-11)16-22-8-9-26-16)23-13-5-3-12(4-6-13)18(19,20)21/h2-10,23H,1H3. The minimum Gasteiger partial charge on any atom is -0.465 e. The summed E-state index contributed by atoms with van der Waals surface area (Å²) in [6.45, 7) is 0. The summed E-state index contributed by atoms with van der Waals surface area (Å²) in [5, 5.41) is 3.00. The molecule has 0 spiro atoms. The monoisotopic (exact) mass is 362 g/mol.